The fourth-order valence-electron chi connectivity index (χ4n) is 1.87. The summed E-state index contributed by atoms with van der Waals surface area (Å²) in [6.07, 6.45) is 2.42. The summed E-state index contributed by atoms with van der Waals surface area (Å²) in [5.41, 5.74) is 1.01. The lowest BCUT2D eigenvalue weighted by Gasteiger charge is -2.07. The molecule has 1 saturated carbocycles. The van der Waals surface area contributed by atoms with E-state index >= 15 is 0 Å². The van der Waals surface area contributed by atoms with Gasteiger partial charge in [0.25, 0.3) is 0 Å². The highest BCUT2D eigenvalue weighted by atomic mass is 35.5. The maximum absolute atomic E-state index is 5.87. The zero-order valence-corrected chi connectivity index (χ0v) is 12.4. The molecule has 0 atom stereocenters. The minimum absolute atomic E-state index is 0.566. The van der Waals surface area contributed by atoms with Gasteiger partial charge >= 0.3 is 0 Å². The highest BCUT2D eigenvalue weighted by molar-refractivity contribution is 7.80. The number of halogens is 1. The van der Waals surface area contributed by atoms with Gasteiger partial charge < -0.3 is 15.1 Å². The molecule has 0 spiro atoms. The Morgan fingerprint density at radius 1 is 1.20 bits per heavy atom. The van der Waals surface area contributed by atoms with Gasteiger partial charge in [-0.25, -0.2) is 0 Å². The van der Waals surface area contributed by atoms with E-state index in [2.05, 4.69) is 10.6 Å². The van der Waals surface area contributed by atoms with Crippen LogP contribution in [-0.2, 0) is 6.54 Å². The lowest BCUT2D eigenvalue weighted by atomic mass is 10.2. The molecule has 1 aromatic carbocycles. The van der Waals surface area contributed by atoms with Crippen molar-refractivity contribution in [3.8, 4) is 11.3 Å². The van der Waals surface area contributed by atoms with E-state index in [-0.39, 0.29) is 0 Å². The summed E-state index contributed by atoms with van der Waals surface area (Å²) in [5.74, 6) is 1.69. The van der Waals surface area contributed by atoms with Gasteiger partial charge in [-0.3, -0.25) is 0 Å². The third-order valence-corrected chi connectivity index (χ3v) is 3.64. The topological polar surface area (TPSA) is 37.2 Å². The maximum atomic E-state index is 5.87. The van der Waals surface area contributed by atoms with Crippen LogP contribution in [0.1, 0.15) is 18.6 Å². The first-order valence-electron chi connectivity index (χ1n) is 6.60. The standard InChI is InChI=1S/C15H15ClN2OS/c16-11-3-1-10(2-4-11)14-8-7-13(19-14)9-17-15(20)18-12-5-6-12/h1-4,7-8,12H,5-6,9H2,(H2,17,18,20). The van der Waals surface area contributed by atoms with E-state index < -0.39 is 0 Å². The molecule has 2 N–H and O–H groups in total. The molecule has 2 aromatic rings. The Morgan fingerprint density at radius 2 is 1.95 bits per heavy atom. The second-order valence-electron chi connectivity index (χ2n) is 4.87. The average molecular weight is 307 g/mol. The summed E-state index contributed by atoms with van der Waals surface area (Å²) in [5, 5.41) is 7.80. The number of hydrogen-bond donors (Lipinski definition) is 2. The highest BCUT2D eigenvalue weighted by Crippen LogP contribution is 2.23. The molecule has 0 aliphatic heterocycles. The van der Waals surface area contributed by atoms with Gasteiger partial charge in [0.1, 0.15) is 11.5 Å². The summed E-state index contributed by atoms with van der Waals surface area (Å²) in [6.45, 7) is 0.589. The second-order valence-corrected chi connectivity index (χ2v) is 5.72. The van der Waals surface area contributed by atoms with E-state index in [1.807, 2.05) is 36.4 Å². The van der Waals surface area contributed by atoms with Crippen molar-refractivity contribution in [3.05, 3.63) is 47.2 Å². The minimum Gasteiger partial charge on any atom is -0.459 e. The van der Waals surface area contributed by atoms with Gasteiger partial charge in [0, 0.05) is 16.6 Å². The highest BCUT2D eigenvalue weighted by Gasteiger charge is 2.21. The summed E-state index contributed by atoms with van der Waals surface area (Å²) < 4.78 is 5.79. The molecular weight excluding hydrogens is 292 g/mol. The van der Waals surface area contributed by atoms with E-state index in [0.29, 0.717) is 17.7 Å². The predicted octanol–water partition coefficient (Wildman–Crippen LogP) is 3.73. The Morgan fingerprint density at radius 3 is 2.65 bits per heavy atom. The van der Waals surface area contributed by atoms with Crippen LogP contribution in [0, 0.1) is 0 Å². The van der Waals surface area contributed by atoms with Crippen molar-refractivity contribution in [2.75, 3.05) is 0 Å². The number of thiocarbonyl (C=S) groups is 1. The zero-order valence-electron chi connectivity index (χ0n) is 10.9. The van der Waals surface area contributed by atoms with E-state index in [4.69, 9.17) is 28.2 Å². The van der Waals surface area contributed by atoms with Crippen molar-refractivity contribution in [1.82, 2.24) is 10.6 Å². The third-order valence-electron chi connectivity index (χ3n) is 3.13. The zero-order chi connectivity index (χ0) is 13.9. The normalized spacial score (nSPS) is 14.1. The molecule has 0 amide bonds. The SMILES string of the molecule is S=C(NCc1ccc(-c2ccc(Cl)cc2)o1)NC1CC1. The molecule has 3 rings (SSSR count). The molecule has 1 fully saturated rings. The van der Waals surface area contributed by atoms with Crippen molar-refractivity contribution < 1.29 is 4.42 Å². The summed E-state index contributed by atoms with van der Waals surface area (Å²) in [4.78, 5) is 0. The van der Waals surface area contributed by atoms with Crippen LogP contribution in [0.15, 0.2) is 40.8 Å². The number of benzene rings is 1. The van der Waals surface area contributed by atoms with Gasteiger partial charge in [-0.15, -0.1) is 0 Å². The molecule has 3 nitrogen and oxygen atoms in total. The Labute approximate surface area is 128 Å². The monoisotopic (exact) mass is 306 g/mol. The fraction of sp³-hybridized carbons (Fsp3) is 0.267. The van der Waals surface area contributed by atoms with Crippen molar-refractivity contribution in [2.45, 2.75) is 25.4 Å². The number of nitrogens with one attached hydrogen (secondary N) is 2. The molecule has 20 heavy (non-hydrogen) atoms. The molecular formula is C15H15ClN2OS. The molecule has 0 unspecified atom stereocenters. The smallest absolute Gasteiger partial charge is 0.166 e. The maximum Gasteiger partial charge on any atom is 0.166 e. The van der Waals surface area contributed by atoms with Crippen LogP contribution in [-0.4, -0.2) is 11.2 Å². The minimum atomic E-state index is 0.566. The van der Waals surface area contributed by atoms with Crippen LogP contribution in [0.3, 0.4) is 0 Å². The van der Waals surface area contributed by atoms with Crippen molar-refractivity contribution in [3.63, 3.8) is 0 Å². The number of furan rings is 1. The Bertz CT molecular complexity index is 605. The lowest BCUT2D eigenvalue weighted by molar-refractivity contribution is 0.514. The average Bonchev–Trinajstić information content (AvgIpc) is 3.12. The van der Waals surface area contributed by atoms with Gasteiger partial charge in [-0.2, -0.15) is 0 Å². The van der Waals surface area contributed by atoms with E-state index in [0.717, 1.165) is 22.1 Å². The molecule has 0 saturated heterocycles. The van der Waals surface area contributed by atoms with Crippen LogP contribution in [0.2, 0.25) is 5.02 Å². The second kappa shape index (κ2) is 5.85. The van der Waals surface area contributed by atoms with Gasteiger partial charge in [0.05, 0.1) is 6.54 Å². The Hall–Kier alpha value is -1.52. The third kappa shape index (κ3) is 3.52. The van der Waals surface area contributed by atoms with E-state index in [1.165, 1.54) is 12.8 Å². The summed E-state index contributed by atoms with van der Waals surface area (Å²) in [7, 11) is 0. The Kier molecular flexibility index (Phi) is 3.94. The molecule has 1 aliphatic carbocycles. The lowest BCUT2D eigenvalue weighted by Crippen LogP contribution is -2.35. The van der Waals surface area contributed by atoms with Crippen LogP contribution in [0.25, 0.3) is 11.3 Å². The first-order chi connectivity index (χ1) is 9.70. The molecule has 1 heterocycles. The van der Waals surface area contributed by atoms with Gasteiger partial charge in [0.2, 0.25) is 0 Å². The van der Waals surface area contributed by atoms with Crippen LogP contribution in [0.4, 0.5) is 0 Å². The molecule has 104 valence electrons. The van der Waals surface area contributed by atoms with Crippen LogP contribution < -0.4 is 10.6 Å². The van der Waals surface area contributed by atoms with E-state index in [1.54, 1.807) is 0 Å². The predicted molar refractivity (Wildman–Crippen MR) is 84.7 cm³/mol. The van der Waals surface area contributed by atoms with Gasteiger partial charge in [-0.05, 0) is 61.5 Å². The van der Waals surface area contributed by atoms with Crippen molar-refractivity contribution in [2.24, 2.45) is 0 Å². The van der Waals surface area contributed by atoms with Crippen LogP contribution >= 0.6 is 23.8 Å². The van der Waals surface area contributed by atoms with Crippen molar-refractivity contribution >= 4 is 28.9 Å². The summed E-state index contributed by atoms with van der Waals surface area (Å²) in [6, 6.07) is 12.1. The molecule has 0 bridgehead atoms. The number of rotatable bonds is 4. The largest absolute Gasteiger partial charge is 0.459 e. The summed E-state index contributed by atoms with van der Waals surface area (Å²) >= 11 is 11.1. The molecule has 1 aromatic heterocycles. The Balaban J connectivity index is 1.58. The first kappa shape index (κ1) is 13.5. The molecule has 1 aliphatic rings. The van der Waals surface area contributed by atoms with Crippen molar-refractivity contribution in [1.29, 1.82) is 0 Å². The quantitative estimate of drug-likeness (QED) is 0.844. The van der Waals surface area contributed by atoms with Gasteiger partial charge in [0.15, 0.2) is 5.11 Å². The fourth-order valence-corrected chi connectivity index (χ4v) is 2.24. The first-order valence-corrected chi connectivity index (χ1v) is 7.38. The molecule has 0 radical (unpaired) electrons. The number of hydrogen-bond acceptors (Lipinski definition) is 2. The van der Waals surface area contributed by atoms with Gasteiger partial charge in [-0.1, -0.05) is 11.6 Å². The van der Waals surface area contributed by atoms with E-state index in [9.17, 15) is 0 Å². The van der Waals surface area contributed by atoms with Crippen LogP contribution in [0.5, 0.6) is 0 Å². The molecule has 5 heteroatoms.